The summed E-state index contributed by atoms with van der Waals surface area (Å²) in [6.07, 6.45) is 0. The summed E-state index contributed by atoms with van der Waals surface area (Å²) in [5.41, 5.74) is 2.86. The normalized spacial score (nSPS) is 10.6. The zero-order valence-electron chi connectivity index (χ0n) is 11.0. The predicted molar refractivity (Wildman–Crippen MR) is 70.0 cm³/mol. The molecule has 0 saturated carbocycles. The molecule has 20 heavy (non-hydrogen) atoms. The maximum atomic E-state index is 13.4. The second-order valence-electron chi connectivity index (χ2n) is 4.24. The van der Waals surface area contributed by atoms with E-state index in [4.69, 9.17) is 15.0 Å². The van der Waals surface area contributed by atoms with Crippen LogP contribution in [0.4, 0.5) is 4.39 Å². The van der Waals surface area contributed by atoms with Gasteiger partial charge in [0.2, 0.25) is 0 Å². The van der Waals surface area contributed by atoms with Gasteiger partial charge in [-0.3, -0.25) is 10.2 Å². The Kier molecular flexibility index (Phi) is 4.49. The van der Waals surface area contributed by atoms with Crippen molar-refractivity contribution in [1.29, 1.82) is 0 Å². The minimum Gasteiger partial charge on any atom is -0.463 e. The molecule has 0 aliphatic heterocycles. The number of halogens is 1. The molecule has 2 aromatic rings. The van der Waals surface area contributed by atoms with E-state index in [9.17, 15) is 9.18 Å². The summed E-state index contributed by atoms with van der Waals surface area (Å²) < 4.78 is 24.1. The molecule has 0 atom stereocenters. The molecular formula is C14H15FN2O3. The van der Waals surface area contributed by atoms with Crippen molar-refractivity contribution in [3.8, 4) is 0 Å². The van der Waals surface area contributed by atoms with Crippen LogP contribution in [-0.2, 0) is 18.0 Å². The van der Waals surface area contributed by atoms with Crippen molar-refractivity contribution in [3.63, 3.8) is 0 Å². The second-order valence-corrected chi connectivity index (χ2v) is 4.24. The zero-order chi connectivity index (χ0) is 14.5. The van der Waals surface area contributed by atoms with Crippen molar-refractivity contribution in [1.82, 2.24) is 5.43 Å². The van der Waals surface area contributed by atoms with Crippen LogP contribution < -0.4 is 11.3 Å². The highest BCUT2D eigenvalue weighted by Gasteiger charge is 2.14. The first-order valence-corrected chi connectivity index (χ1v) is 6.03. The number of hydrazine groups is 1. The van der Waals surface area contributed by atoms with Gasteiger partial charge in [0.15, 0.2) is 0 Å². The van der Waals surface area contributed by atoms with Crippen molar-refractivity contribution in [2.75, 3.05) is 0 Å². The molecule has 0 unspecified atom stereocenters. The average Bonchev–Trinajstić information content (AvgIpc) is 2.81. The first-order valence-electron chi connectivity index (χ1n) is 6.03. The molecule has 1 amide bonds. The second kappa shape index (κ2) is 6.31. The fraction of sp³-hybridized carbons (Fsp3) is 0.214. The molecule has 0 saturated heterocycles. The Morgan fingerprint density at radius 3 is 2.85 bits per heavy atom. The van der Waals surface area contributed by atoms with Crippen molar-refractivity contribution >= 4 is 5.91 Å². The molecule has 1 aromatic carbocycles. The Hall–Kier alpha value is -2.18. The molecule has 0 fully saturated rings. The quantitative estimate of drug-likeness (QED) is 0.498. The lowest BCUT2D eigenvalue weighted by atomic mass is 10.2. The van der Waals surface area contributed by atoms with Crippen molar-refractivity contribution < 1.29 is 18.3 Å². The van der Waals surface area contributed by atoms with E-state index in [2.05, 4.69) is 0 Å². The fourth-order valence-electron chi connectivity index (χ4n) is 1.80. The lowest BCUT2D eigenvalue weighted by Crippen LogP contribution is -2.30. The summed E-state index contributed by atoms with van der Waals surface area (Å²) in [6.45, 7) is 1.93. The Morgan fingerprint density at radius 1 is 1.40 bits per heavy atom. The van der Waals surface area contributed by atoms with Crippen LogP contribution in [0, 0.1) is 12.7 Å². The predicted octanol–water partition coefficient (Wildman–Crippen LogP) is 2.05. The summed E-state index contributed by atoms with van der Waals surface area (Å²) in [6, 6.07) is 7.93. The SMILES string of the molecule is Cc1oc(COCc2ccccc2F)cc1C(=O)NN. The van der Waals surface area contributed by atoms with Gasteiger partial charge >= 0.3 is 0 Å². The third-order valence-corrected chi connectivity index (χ3v) is 2.80. The summed E-state index contributed by atoms with van der Waals surface area (Å²) in [5, 5.41) is 0. The van der Waals surface area contributed by atoms with Crippen LogP contribution in [-0.4, -0.2) is 5.91 Å². The Morgan fingerprint density at radius 2 is 2.15 bits per heavy atom. The standard InChI is InChI=1S/C14H15FN2O3/c1-9-12(14(18)17-16)6-11(20-9)8-19-7-10-4-2-3-5-13(10)15/h2-6H,7-8,16H2,1H3,(H,17,18). The van der Waals surface area contributed by atoms with Gasteiger partial charge in [0.25, 0.3) is 5.91 Å². The van der Waals surface area contributed by atoms with E-state index < -0.39 is 5.91 Å². The van der Waals surface area contributed by atoms with Gasteiger partial charge in [-0.15, -0.1) is 0 Å². The molecule has 3 N–H and O–H groups in total. The first kappa shape index (κ1) is 14.2. The van der Waals surface area contributed by atoms with Gasteiger partial charge < -0.3 is 9.15 Å². The molecule has 5 nitrogen and oxygen atoms in total. The number of rotatable bonds is 5. The van der Waals surface area contributed by atoms with Crippen molar-refractivity contribution in [2.45, 2.75) is 20.1 Å². The van der Waals surface area contributed by atoms with Crippen molar-refractivity contribution in [3.05, 3.63) is 58.8 Å². The van der Waals surface area contributed by atoms with E-state index in [0.29, 0.717) is 22.6 Å². The highest BCUT2D eigenvalue weighted by Crippen LogP contribution is 2.16. The number of ether oxygens (including phenoxy) is 1. The van der Waals surface area contributed by atoms with Gasteiger partial charge in [-0.1, -0.05) is 18.2 Å². The van der Waals surface area contributed by atoms with E-state index in [1.165, 1.54) is 6.07 Å². The van der Waals surface area contributed by atoms with Gasteiger partial charge in [-0.25, -0.2) is 10.2 Å². The number of nitrogens with one attached hydrogen (secondary N) is 1. The minimum atomic E-state index is -0.424. The zero-order valence-corrected chi connectivity index (χ0v) is 11.0. The van der Waals surface area contributed by atoms with Crippen molar-refractivity contribution in [2.24, 2.45) is 5.84 Å². The maximum Gasteiger partial charge on any atom is 0.268 e. The van der Waals surface area contributed by atoms with E-state index in [-0.39, 0.29) is 19.0 Å². The number of hydrogen-bond donors (Lipinski definition) is 2. The number of aryl methyl sites for hydroxylation is 1. The molecule has 106 valence electrons. The highest BCUT2D eigenvalue weighted by molar-refractivity contribution is 5.94. The fourth-order valence-corrected chi connectivity index (χ4v) is 1.80. The summed E-state index contributed by atoms with van der Waals surface area (Å²) in [4.78, 5) is 11.4. The van der Waals surface area contributed by atoms with Crippen LogP contribution in [0.3, 0.4) is 0 Å². The van der Waals surface area contributed by atoms with Crippen LogP contribution in [0.15, 0.2) is 34.7 Å². The molecule has 0 bridgehead atoms. The molecule has 2 rings (SSSR count). The van der Waals surface area contributed by atoms with Crippen LogP contribution in [0.2, 0.25) is 0 Å². The number of hydrogen-bond acceptors (Lipinski definition) is 4. The smallest absolute Gasteiger partial charge is 0.268 e. The summed E-state index contributed by atoms with van der Waals surface area (Å²) in [5.74, 6) is 5.26. The van der Waals surface area contributed by atoms with E-state index in [1.807, 2.05) is 5.43 Å². The van der Waals surface area contributed by atoms with E-state index in [1.54, 1.807) is 31.2 Å². The molecule has 0 aliphatic rings. The van der Waals surface area contributed by atoms with Gasteiger partial charge in [0.1, 0.15) is 23.9 Å². The monoisotopic (exact) mass is 278 g/mol. The molecule has 1 aromatic heterocycles. The lowest BCUT2D eigenvalue weighted by molar-refractivity contribution is 0.0903. The van der Waals surface area contributed by atoms with E-state index >= 15 is 0 Å². The third-order valence-electron chi connectivity index (χ3n) is 2.80. The van der Waals surface area contributed by atoms with Crippen LogP contribution in [0.1, 0.15) is 27.4 Å². The lowest BCUT2D eigenvalue weighted by Gasteiger charge is -2.03. The van der Waals surface area contributed by atoms with Gasteiger partial charge in [-0.05, 0) is 19.1 Å². The first-order chi connectivity index (χ1) is 9.61. The minimum absolute atomic E-state index is 0.130. The molecule has 0 spiro atoms. The molecular weight excluding hydrogens is 263 g/mol. The number of nitrogen functional groups attached to an aromatic ring is 1. The molecule has 0 aliphatic carbocycles. The van der Waals surface area contributed by atoms with Crippen LogP contribution in [0.25, 0.3) is 0 Å². The van der Waals surface area contributed by atoms with E-state index in [0.717, 1.165) is 0 Å². The van der Waals surface area contributed by atoms with Gasteiger partial charge in [0.05, 0.1) is 12.2 Å². The number of amides is 1. The summed E-state index contributed by atoms with van der Waals surface area (Å²) in [7, 11) is 0. The van der Waals surface area contributed by atoms with Crippen LogP contribution in [0.5, 0.6) is 0 Å². The average molecular weight is 278 g/mol. The van der Waals surface area contributed by atoms with Gasteiger partial charge in [0, 0.05) is 5.56 Å². The Balaban J connectivity index is 1.95. The van der Waals surface area contributed by atoms with Crippen LogP contribution >= 0.6 is 0 Å². The highest BCUT2D eigenvalue weighted by atomic mass is 19.1. The third kappa shape index (κ3) is 3.23. The summed E-state index contributed by atoms with van der Waals surface area (Å²) >= 11 is 0. The number of benzene rings is 1. The molecule has 1 heterocycles. The maximum absolute atomic E-state index is 13.4. The number of nitrogens with two attached hydrogens (primary N) is 1. The molecule has 6 heteroatoms. The number of carbonyl (C=O) groups excluding carboxylic acids is 1. The largest absolute Gasteiger partial charge is 0.463 e. The topological polar surface area (TPSA) is 77.5 Å². The Bertz CT molecular complexity index is 610. The molecule has 0 radical (unpaired) electrons. The number of furan rings is 1. The van der Waals surface area contributed by atoms with Gasteiger partial charge in [-0.2, -0.15) is 0 Å². The Labute approximate surface area is 115 Å². The number of carbonyl (C=O) groups is 1.